The molecule has 0 N–H and O–H groups in total. The molecule has 8 heteroatoms. The van der Waals surface area contributed by atoms with Crippen LogP contribution in [0.5, 0.6) is 0 Å². The Labute approximate surface area is 245 Å². The normalized spacial score (nSPS) is 18.2. The Hall–Kier alpha value is -2.97. The second-order valence-electron chi connectivity index (χ2n) is 12.0. The number of alkyl halides is 3. The van der Waals surface area contributed by atoms with E-state index >= 15 is 0 Å². The Balaban J connectivity index is 1.38. The van der Waals surface area contributed by atoms with Gasteiger partial charge < -0.3 is 4.74 Å². The molecule has 1 saturated heterocycles. The average Bonchev–Trinajstić information content (AvgIpc) is 3.09. The summed E-state index contributed by atoms with van der Waals surface area (Å²) in [5.41, 5.74) is 4.78. The maximum Gasteiger partial charge on any atom is 0.421 e. The van der Waals surface area contributed by atoms with Gasteiger partial charge in [0.15, 0.2) is 0 Å². The maximum absolute atomic E-state index is 13.3. The summed E-state index contributed by atoms with van der Waals surface area (Å²) >= 11 is 1.32. The first-order valence-corrected chi connectivity index (χ1v) is 15.0. The molecule has 1 unspecified atom stereocenters. The van der Waals surface area contributed by atoms with E-state index in [1.165, 1.54) is 50.8 Å². The van der Waals surface area contributed by atoms with Crippen molar-refractivity contribution < 1.29 is 22.7 Å². The first-order chi connectivity index (χ1) is 19.5. The van der Waals surface area contributed by atoms with Gasteiger partial charge in [-0.05, 0) is 92.3 Å². The lowest BCUT2D eigenvalue weighted by atomic mass is 9.76. The summed E-state index contributed by atoms with van der Waals surface area (Å²) in [6, 6.07) is 22.5. The predicted molar refractivity (Wildman–Crippen MR) is 157 cm³/mol. The van der Waals surface area contributed by atoms with E-state index in [0.717, 1.165) is 50.9 Å². The molecule has 41 heavy (non-hydrogen) atoms. The highest BCUT2D eigenvalue weighted by atomic mass is 32.2. The molecule has 218 valence electrons. The number of carbonyl (C=O) groups is 1. The van der Waals surface area contributed by atoms with Crippen LogP contribution in [-0.2, 0) is 30.3 Å². The molecule has 0 bridgehead atoms. The number of carbonyl (C=O) groups excluding carboxylic acids is 1. The van der Waals surface area contributed by atoms with E-state index in [4.69, 9.17) is 4.74 Å². The number of amides is 1. The molecule has 1 fully saturated rings. The fourth-order valence-electron chi connectivity index (χ4n) is 5.94. The highest BCUT2D eigenvalue weighted by Gasteiger charge is 2.35. The van der Waals surface area contributed by atoms with Gasteiger partial charge in [-0.25, -0.2) is 13.4 Å². The maximum atomic E-state index is 13.3. The van der Waals surface area contributed by atoms with Crippen LogP contribution in [0.4, 0.5) is 18.0 Å². The van der Waals surface area contributed by atoms with Crippen molar-refractivity contribution >= 4 is 18.2 Å². The number of aryl methyl sites for hydroxylation is 2. The van der Waals surface area contributed by atoms with Gasteiger partial charge in [-0.1, -0.05) is 60.7 Å². The fourth-order valence-corrected chi connectivity index (χ4v) is 7.00. The van der Waals surface area contributed by atoms with E-state index in [9.17, 15) is 18.0 Å². The molecule has 0 spiro atoms. The number of hydrogen-bond acceptors (Lipinski definition) is 4. The quantitative estimate of drug-likeness (QED) is 0.282. The van der Waals surface area contributed by atoms with E-state index < -0.39 is 23.4 Å². The second kappa shape index (κ2) is 12.1. The summed E-state index contributed by atoms with van der Waals surface area (Å²) in [6.45, 7) is 7.15. The molecule has 1 aliphatic heterocycles. The molecule has 1 atom stereocenters. The predicted octanol–water partition coefficient (Wildman–Crippen LogP) is 8.65. The van der Waals surface area contributed by atoms with Crippen LogP contribution >= 0.6 is 12.1 Å². The van der Waals surface area contributed by atoms with Crippen molar-refractivity contribution in [3.8, 4) is 0 Å². The summed E-state index contributed by atoms with van der Waals surface area (Å²) in [5.74, 6) is 0.612. The smallest absolute Gasteiger partial charge is 0.421 e. The second-order valence-corrected chi connectivity index (χ2v) is 13.1. The average molecular weight is 583 g/mol. The van der Waals surface area contributed by atoms with Gasteiger partial charge >= 0.3 is 12.3 Å². The molecule has 0 aromatic heterocycles. The molecule has 4 nitrogen and oxygen atoms in total. The number of benzene rings is 3. The Morgan fingerprint density at radius 3 is 2.07 bits per heavy atom. The Bertz CT molecular complexity index is 1310. The Morgan fingerprint density at radius 1 is 0.927 bits per heavy atom. The van der Waals surface area contributed by atoms with Crippen LogP contribution in [0.3, 0.4) is 0 Å². The summed E-state index contributed by atoms with van der Waals surface area (Å²) in [4.78, 5) is 13.3. The molecule has 2 aliphatic rings. The van der Waals surface area contributed by atoms with Crippen molar-refractivity contribution in [1.82, 2.24) is 8.61 Å². The number of hydrogen-bond donors (Lipinski definition) is 0. The van der Waals surface area contributed by atoms with Gasteiger partial charge in [0.05, 0.1) is 12.1 Å². The minimum absolute atomic E-state index is 0.133. The number of rotatable bonds is 5. The zero-order valence-electron chi connectivity index (χ0n) is 23.8. The lowest BCUT2D eigenvalue weighted by Gasteiger charge is -2.39. The van der Waals surface area contributed by atoms with Crippen molar-refractivity contribution in [2.24, 2.45) is 5.92 Å². The van der Waals surface area contributed by atoms with Crippen molar-refractivity contribution in [2.75, 3.05) is 13.1 Å². The van der Waals surface area contributed by atoms with Crippen molar-refractivity contribution in [2.45, 2.75) is 70.7 Å². The zero-order valence-corrected chi connectivity index (χ0v) is 24.6. The monoisotopic (exact) mass is 582 g/mol. The molecule has 1 amide bonds. The number of nitrogens with zero attached hydrogens (tertiary/aromatic N) is 2. The lowest BCUT2D eigenvalue weighted by molar-refractivity contribution is -0.137. The first kappa shape index (κ1) is 29.5. The third-order valence-electron chi connectivity index (χ3n) is 7.75. The number of halogens is 3. The van der Waals surface area contributed by atoms with E-state index in [2.05, 4.69) is 52.8 Å². The molecule has 5 rings (SSSR count). The van der Waals surface area contributed by atoms with E-state index in [0.29, 0.717) is 11.5 Å². The topological polar surface area (TPSA) is 32.8 Å². The highest BCUT2D eigenvalue weighted by Crippen LogP contribution is 2.43. The molecule has 3 aromatic carbocycles. The van der Waals surface area contributed by atoms with Gasteiger partial charge in [0, 0.05) is 31.1 Å². The van der Waals surface area contributed by atoms with E-state index in [-0.39, 0.29) is 12.5 Å². The van der Waals surface area contributed by atoms with Crippen LogP contribution < -0.4 is 0 Å². The first-order valence-electron chi connectivity index (χ1n) is 14.2. The van der Waals surface area contributed by atoms with Crippen LogP contribution in [0.15, 0.2) is 72.8 Å². The van der Waals surface area contributed by atoms with Crippen LogP contribution in [0.25, 0.3) is 0 Å². The van der Waals surface area contributed by atoms with Crippen LogP contribution in [0.1, 0.15) is 72.9 Å². The largest absolute Gasteiger partial charge is 0.443 e. The van der Waals surface area contributed by atoms with E-state index in [1.807, 2.05) is 20.8 Å². The zero-order chi connectivity index (χ0) is 29.2. The third kappa shape index (κ3) is 7.28. The fraction of sp³-hybridized carbons (Fsp3) is 0.424. The molecule has 0 saturated carbocycles. The molecule has 0 radical (unpaired) electrons. The standard InChI is InChI=1S/C33H37F3N2O2S/c1-32(2,3)40-31(39)38(21-23-14-18-27(19-15-23)33(34,35)36)41-37-20-8-11-26(22-37)30-28-12-6-4-9-24(28)16-17-25-10-5-7-13-29(25)30/h4-7,9-10,12-15,18-19,26,30H,8,11,16-17,20-22H2,1-3H3. The highest BCUT2D eigenvalue weighted by molar-refractivity contribution is 7.95. The minimum atomic E-state index is -4.41. The Kier molecular flexibility index (Phi) is 8.71. The molecular weight excluding hydrogens is 545 g/mol. The minimum Gasteiger partial charge on any atom is -0.443 e. The Morgan fingerprint density at radius 2 is 1.51 bits per heavy atom. The summed E-state index contributed by atoms with van der Waals surface area (Å²) in [7, 11) is 0. The van der Waals surface area contributed by atoms with Gasteiger partial charge in [-0.2, -0.15) is 13.2 Å². The molecule has 3 aromatic rings. The summed E-state index contributed by atoms with van der Waals surface area (Å²) < 4.78 is 48.8. The summed E-state index contributed by atoms with van der Waals surface area (Å²) in [6.07, 6.45) is -0.801. The van der Waals surface area contributed by atoms with Gasteiger partial charge in [-0.3, -0.25) is 0 Å². The van der Waals surface area contributed by atoms with Gasteiger partial charge in [-0.15, -0.1) is 0 Å². The molecule has 1 aliphatic carbocycles. The summed E-state index contributed by atoms with van der Waals surface area (Å²) in [5, 5.41) is 0. The van der Waals surface area contributed by atoms with Crippen molar-refractivity contribution in [1.29, 1.82) is 0 Å². The van der Waals surface area contributed by atoms with Crippen LogP contribution in [0.2, 0.25) is 0 Å². The van der Waals surface area contributed by atoms with Crippen molar-refractivity contribution in [3.63, 3.8) is 0 Å². The lowest BCUT2D eigenvalue weighted by Crippen LogP contribution is -2.39. The number of ether oxygens (including phenoxy) is 1. The van der Waals surface area contributed by atoms with Crippen LogP contribution in [-0.4, -0.2) is 33.4 Å². The van der Waals surface area contributed by atoms with Gasteiger partial charge in [0.25, 0.3) is 0 Å². The third-order valence-corrected chi connectivity index (χ3v) is 8.79. The van der Waals surface area contributed by atoms with E-state index in [1.54, 1.807) is 0 Å². The number of fused-ring (bicyclic) bond motifs is 2. The number of piperidine rings is 1. The SMILES string of the molecule is CC(C)(C)OC(=O)N(Cc1ccc(C(F)(F)F)cc1)SN1CCCC(C2c3ccccc3CCc3ccccc32)C1. The van der Waals surface area contributed by atoms with Gasteiger partial charge in [0.1, 0.15) is 5.60 Å². The molecular formula is C33H37F3N2O2S. The van der Waals surface area contributed by atoms with Gasteiger partial charge in [0.2, 0.25) is 0 Å². The molecule has 1 heterocycles. The van der Waals surface area contributed by atoms with Crippen molar-refractivity contribution in [3.05, 3.63) is 106 Å². The van der Waals surface area contributed by atoms with Crippen LogP contribution in [0, 0.1) is 5.92 Å².